The van der Waals surface area contributed by atoms with Crippen LogP contribution in [0.1, 0.15) is 19.3 Å². The zero-order valence-corrected chi connectivity index (χ0v) is 5.97. The second kappa shape index (κ2) is 3.56. The van der Waals surface area contributed by atoms with Gasteiger partial charge in [-0.1, -0.05) is 0 Å². The van der Waals surface area contributed by atoms with Crippen molar-refractivity contribution in [1.82, 2.24) is 5.32 Å². The van der Waals surface area contributed by atoms with Crippen LogP contribution in [0.5, 0.6) is 0 Å². The van der Waals surface area contributed by atoms with Crippen molar-refractivity contribution < 1.29 is 9.90 Å². The molecule has 1 atom stereocenters. The first-order valence-corrected chi connectivity index (χ1v) is 3.71. The monoisotopic (exact) mass is 143 g/mol. The summed E-state index contributed by atoms with van der Waals surface area (Å²) in [6.07, 6.45) is 2.31. The lowest BCUT2D eigenvalue weighted by atomic mass is 10.0. The minimum Gasteiger partial charge on any atom is -0.481 e. The number of hydrogen-bond donors (Lipinski definition) is 2. The molecule has 1 saturated heterocycles. The van der Waals surface area contributed by atoms with Crippen molar-refractivity contribution in [2.75, 3.05) is 13.1 Å². The minimum atomic E-state index is -0.674. The summed E-state index contributed by atoms with van der Waals surface area (Å²) in [5.74, 6) is -0.0667. The number of hydrogen-bond acceptors (Lipinski definition) is 2. The topological polar surface area (TPSA) is 49.3 Å². The van der Waals surface area contributed by atoms with Crippen LogP contribution < -0.4 is 5.32 Å². The second-order valence-electron chi connectivity index (χ2n) is 2.79. The Hall–Kier alpha value is -0.570. The lowest BCUT2D eigenvalue weighted by molar-refractivity contribution is -0.137. The van der Waals surface area contributed by atoms with Gasteiger partial charge in [-0.05, 0) is 31.8 Å². The maximum Gasteiger partial charge on any atom is 0.303 e. The molecule has 0 saturated carbocycles. The summed E-state index contributed by atoms with van der Waals surface area (Å²) in [6, 6.07) is 0. The Balaban J connectivity index is 2.07. The van der Waals surface area contributed by atoms with Crippen LogP contribution in [0, 0.1) is 5.92 Å². The molecule has 1 aliphatic rings. The van der Waals surface area contributed by atoms with E-state index in [9.17, 15) is 4.79 Å². The molecule has 0 aromatic rings. The van der Waals surface area contributed by atoms with E-state index in [0.29, 0.717) is 12.3 Å². The molecule has 1 rings (SSSR count). The second-order valence-corrected chi connectivity index (χ2v) is 2.79. The Labute approximate surface area is 60.4 Å². The van der Waals surface area contributed by atoms with Gasteiger partial charge in [-0.25, -0.2) is 0 Å². The molecule has 0 radical (unpaired) electrons. The summed E-state index contributed by atoms with van der Waals surface area (Å²) in [4.78, 5) is 10.1. The molecule has 0 aromatic carbocycles. The highest BCUT2D eigenvalue weighted by Gasteiger charge is 2.14. The summed E-state index contributed by atoms with van der Waals surface area (Å²) in [7, 11) is 0. The Morgan fingerprint density at radius 3 is 3.00 bits per heavy atom. The molecule has 0 spiro atoms. The number of rotatable bonds is 3. The van der Waals surface area contributed by atoms with Crippen LogP contribution in [0.4, 0.5) is 0 Å². The van der Waals surface area contributed by atoms with Crippen LogP contribution in [0.2, 0.25) is 0 Å². The average Bonchev–Trinajstić information content (AvgIpc) is 2.34. The molecule has 0 aliphatic carbocycles. The van der Waals surface area contributed by atoms with Crippen LogP contribution in [0.15, 0.2) is 0 Å². The highest BCUT2D eigenvalue weighted by molar-refractivity contribution is 5.66. The highest BCUT2D eigenvalue weighted by atomic mass is 16.4. The maximum atomic E-state index is 10.1. The van der Waals surface area contributed by atoms with Crippen LogP contribution in [0.3, 0.4) is 0 Å². The molecule has 0 aromatic heterocycles. The van der Waals surface area contributed by atoms with Crippen molar-refractivity contribution in [3.8, 4) is 0 Å². The van der Waals surface area contributed by atoms with Crippen molar-refractivity contribution in [2.24, 2.45) is 5.92 Å². The highest BCUT2D eigenvalue weighted by Crippen LogP contribution is 2.13. The van der Waals surface area contributed by atoms with Gasteiger partial charge < -0.3 is 10.4 Å². The molecule has 0 amide bonds. The van der Waals surface area contributed by atoms with Crippen molar-refractivity contribution >= 4 is 5.97 Å². The Morgan fingerprint density at radius 1 is 1.70 bits per heavy atom. The van der Waals surface area contributed by atoms with Gasteiger partial charge in [-0.2, -0.15) is 0 Å². The van der Waals surface area contributed by atoms with E-state index in [4.69, 9.17) is 5.11 Å². The van der Waals surface area contributed by atoms with E-state index in [0.717, 1.165) is 25.9 Å². The third-order valence-electron chi connectivity index (χ3n) is 1.93. The van der Waals surface area contributed by atoms with Crippen molar-refractivity contribution in [3.63, 3.8) is 0 Å². The first kappa shape index (κ1) is 7.54. The molecule has 3 heteroatoms. The van der Waals surface area contributed by atoms with Crippen LogP contribution in [-0.4, -0.2) is 24.2 Å². The zero-order chi connectivity index (χ0) is 7.40. The molecular formula is C7H13NO2. The normalized spacial score (nSPS) is 25.0. The quantitative estimate of drug-likeness (QED) is 0.603. The number of nitrogens with one attached hydrogen (secondary N) is 1. The molecule has 2 N–H and O–H groups in total. The van der Waals surface area contributed by atoms with Crippen LogP contribution in [0.25, 0.3) is 0 Å². The summed E-state index contributed by atoms with van der Waals surface area (Å²) in [5, 5.41) is 11.6. The van der Waals surface area contributed by atoms with E-state index in [2.05, 4.69) is 5.32 Å². The van der Waals surface area contributed by atoms with Crippen LogP contribution >= 0.6 is 0 Å². The SMILES string of the molecule is O=C(O)CC[C@H]1CCNC1. The lowest BCUT2D eigenvalue weighted by Gasteiger charge is -2.03. The molecule has 0 bridgehead atoms. The average molecular weight is 143 g/mol. The van der Waals surface area contributed by atoms with Gasteiger partial charge >= 0.3 is 5.97 Å². The molecule has 1 heterocycles. The number of aliphatic carboxylic acids is 1. The van der Waals surface area contributed by atoms with Gasteiger partial charge in [0, 0.05) is 6.42 Å². The zero-order valence-electron chi connectivity index (χ0n) is 5.97. The van der Waals surface area contributed by atoms with Crippen molar-refractivity contribution in [3.05, 3.63) is 0 Å². The molecule has 10 heavy (non-hydrogen) atoms. The third kappa shape index (κ3) is 2.35. The van der Waals surface area contributed by atoms with E-state index >= 15 is 0 Å². The van der Waals surface area contributed by atoms with Crippen molar-refractivity contribution in [1.29, 1.82) is 0 Å². The third-order valence-corrected chi connectivity index (χ3v) is 1.93. The summed E-state index contributed by atoms with van der Waals surface area (Å²) < 4.78 is 0. The predicted octanol–water partition coefficient (Wildman–Crippen LogP) is 0.461. The van der Waals surface area contributed by atoms with E-state index in [1.807, 2.05) is 0 Å². The Kier molecular flexibility index (Phi) is 2.68. The summed E-state index contributed by atoms with van der Waals surface area (Å²) in [5.41, 5.74) is 0. The van der Waals surface area contributed by atoms with Gasteiger partial charge in [0.2, 0.25) is 0 Å². The smallest absolute Gasteiger partial charge is 0.303 e. The van der Waals surface area contributed by atoms with E-state index in [1.165, 1.54) is 0 Å². The number of carboxylic acids is 1. The Bertz CT molecular complexity index is 119. The van der Waals surface area contributed by atoms with E-state index < -0.39 is 5.97 Å². The molecule has 3 nitrogen and oxygen atoms in total. The maximum absolute atomic E-state index is 10.1. The first-order valence-electron chi connectivity index (χ1n) is 3.71. The molecule has 0 unspecified atom stereocenters. The standard InChI is InChI=1S/C7H13NO2/c9-7(10)2-1-6-3-4-8-5-6/h6,8H,1-5H2,(H,9,10)/t6-/m0/s1. The van der Waals surface area contributed by atoms with Gasteiger partial charge in [-0.15, -0.1) is 0 Å². The molecule has 1 fully saturated rings. The largest absolute Gasteiger partial charge is 0.481 e. The fraction of sp³-hybridized carbons (Fsp3) is 0.857. The minimum absolute atomic E-state index is 0.326. The molecule has 58 valence electrons. The van der Waals surface area contributed by atoms with Gasteiger partial charge in [-0.3, -0.25) is 4.79 Å². The molecule has 1 aliphatic heterocycles. The summed E-state index contributed by atoms with van der Waals surface area (Å²) >= 11 is 0. The fourth-order valence-corrected chi connectivity index (χ4v) is 1.29. The lowest BCUT2D eigenvalue weighted by Crippen LogP contribution is -2.10. The van der Waals surface area contributed by atoms with Gasteiger partial charge in [0.1, 0.15) is 0 Å². The number of carbonyl (C=O) groups is 1. The fourth-order valence-electron chi connectivity index (χ4n) is 1.29. The van der Waals surface area contributed by atoms with Gasteiger partial charge in [0.25, 0.3) is 0 Å². The number of carboxylic acid groups (broad SMARTS) is 1. The van der Waals surface area contributed by atoms with Crippen LogP contribution in [-0.2, 0) is 4.79 Å². The van der Waals surface area contributed by atoms with E-state index in [-0.39, 0.29) is 0 Å². The first-order chi connectivity index (χ1) is 4.79. The summed E-state index contributed by atoms with van der Waals surface area (Å²) in [6.45, 7) is 2.07. The van der Waals surface area contributed by atoms with Gasteiger partial charge in [0.15, 0.2) is 0 Å². The van der Waals surface area contributed by atoms with E-state index in [1.54, 1.807) is 0 Å². The predicted molar refractivity (Wildman–Crippen MR) is 37.8 cm³/mol. The van der Waals surface area contributed by atoms with Crippen molar-refractivity contribution in [2.45, 2.75) is 19.3 Å². The molecular weight excluding hydrogens is 130 g/mol. The Morgan fingerprint density at radius 2 is 2.50 bits per heavy atom. The van der Waals surface area contributed by atoms with Gasteiger partial charge in [0.05, 0.1) is 0 Å².